The molecule has 0 radical (unpaired) electrons. The average Bonchev–Trinajstić information content (AvgIpc) is 3.33. The molecule has 0 saturated carbocycles. The molecule has 132 valence electrons. The maximum Gasteiger partial charge on any atom is 0.194 e. The van der Waals surface area contributed by atoms with E-state index in [4.69, 9.17) is 4.42 Å². The van der Waals surface area contributed by atoms with Crippen LogP contribution in [-0.2, 0) is 5.60 Å². The van der Waals surface area contributed by atoms with Crippen molar-refractivity contribution in [3.63, 3.8) is 0 Å². The zero-order valence-electron chi connectivity index (χ0n) is 14.6. The lowest BCUT2D eigenvalue weighted by Crippen LogP contribution is -2.43. The van der Waals surface area contributed by atoms with Crippen LogP contribution >= 0.6 is 0 Å². The van der Waals surface area contributed by atoms with Crippen LogP contribution in [0.15, 0.2) is 40.0 Å². The fraction of sp³-hybridized carbons (Fsp3) is 0.611. The van der Waals surface area contributed by atoms with Gasteiger partial charge in [-0.25, -0.2) is 4.99 Å². The van der Waals surface area contributed by atoms with Gasteiger partial charge in [-0.3, -0.25) is 4.90 Å². The highest BCUT2D eigenvalue weighted by Crippen LogP contribution is 2.22. The lowest BCUT2D eigenvalue weighted by atomic mass is 10.0. The Morgan fingerprint density at radius 2 is 2.25 bits per heavy atom. The molecule has 1 fully saturated rings. The molecule has 0 aromatic carbocycles. The smallest absolute Gasteiger partial charge is 0.194 e. The Morgan fingerprint density at radius 3 is 2.92 bits per heavy atom. The van der Waals surface area contributed by atoms with Gasteiger partial charge >= 0.3 is 0 Å². The molecule has 1 saturated heterocycles. The summed E-state index contributed by atoms with van der Waals surface area (Å²) in [6.07, 6.45) is 7.21. The Labute approximate surface area is 143 Å². The molecule has 2 N–H and O–H groups in total. The molecule has 0 amide bonds. The van der Waals surface area contributed by atoms with Gasteiger partial charge in [-0.2, -0.15) is 0 Å². The summed E-state index contributed by atoms with van der Waals surface area (Å²) in [4.78, 5) is 9.47. The molecule has 0 bridgehead atoms. The van der Waals surface area contributed by atoms with Crippen LogP contribution in [0, 0.1) is 0 Å². The van der Waals surface area contributed by atoms with E-state index in [-0.39, 0.29) is 6.54 Å². The van der Waals surface area contributed by atoms with Crippen LogP contribution in [0.1, 0.15) is 26.0 Å². The molecule has 2 unspecified atom stereocenters. The van der Waals surface area contributed by atoms with E-state index < -0.39 is 5.60 Å². The van der Waals surface area contributed by atoms with Gasteiger partial charge in [0, 0.05) is 38.8 Å². The van der Waals surface area contributed by atoms with Gasteiger partial charge in [0.05, 0.1) is 12.8 Å². The van der Waals surface area contributed by atoms with Crippen LogP contribution in [0.4, 0.5) is 0 Å². The van der Waals surface area contributed by atoms with Crippen molar-refractivity contribution in [2.75, 3.05) is 39.3 Å². The Kier molecular flexibility index (Phi) is 5.26. The van der Waals surface area contributed by atoms with Crippen molar-refractivity contribution in [3.05, 3.63) is 36.3 Å². The highest BCUT2D eigenvalue weighted by atomic mass is 16.4. The van der Waals surface area contributed by atoms with Crippen molar-refractivity contribution in [1.82, 2.24) is 15.1 Å². The summed E-state index contributed by atoms with van der Waals surface area (Å²) < 4.78 is 5.33. The number of nitrogens with zero attached hydrogens (tertiary/aromatic N) is 3. The van der Waals surface area contributed by atoms with Gasteiger partial charge in [0.25, 0.3) is 0 Å². The van der Waals surface area contributed by atoms with Crippen molar-refractivity contribution in [1.29, 1.82) is 0 Å². The quantitative estimate of drug-likeness (QED) is 0.485. The first kappa shape index (κ1) is 17.0. The first-order valence-electron chi connectivity index (χ1n) is 8.79. The number of furan rings is 1. The monoisotopic (exact) mass is 332 g/mol. The van der Waals surface area contributed by atoms with E-state index in [1.54, 1.807) is 25.3 Å². The minimum atomic E-state index is -1.10. The van der Waals surface area contributed by atoms with Crippen LogP contribution in [0.2, 0.25) is 0 Å². The lowest BCUT2D eigenvalue weighted by Gasteiger charge is -2.26. The van der Waals surface area contributed by atoms with Crippen LogP contribution in [0.25, 0.3) is 0 Å². The Morgan fingerprint density at radius 1 is 1.46 bits per heavy atom. The van der Waals surface area contributed by atoms with Gasteiger partial charge in [-0.15, -0.1) is 0 Å². The summed E-state index contributed by atoms with van der Waals surface area (Å²) in [5, 5.41) is 13.9. The SMILES string of the molecule is CCNC(=NCC(C)(O)c1ccco1)N1CCC(N2CC=CC2)C1. The predicted octanol–water partition coefficient (Wildman–Crippen LogP) is 1.40. The van der Waals surface area contributed by atoms with Crippen molar-refractivity contribution < 1.29 is 9.52 Å². The summed E-state index contributed by atoms with van der Waals surface area (Å²) >= 11 is 0. The van der Waals surface area contributed by atoms with Crippen LogP contribution in [0.5, 0.6) is 0 Å². The number of aliphatic hydroxyl groups is 1. The molecule has 2 aliphatic rings. The standard InChI is InChI=1S/C18H28N4O2/c1-3-19-17(20-14-18(2,23)16-7-6-12-24-16)22-11-8-15(13-22)21-9-4-5-10-21/h4-7,12,15,23H,3,8-11,13-14H2,1-2H3,(H,19,20). The van der Waals surface area contributed by atoms with Crippen LogP contribution in [0.3, 0.4) is 0 Å². The number of hydrogen-bond acceptors (Lipinski definition) is 4. The Balaban J connectivity index is 1.63. The van der Waals surface area contributed by atoms with E-state index >= 15 is 0 Å². The molecular formula is C18H28N4O2. The molecule has 24 heavy (non-hydrogen) atoms. The summed E-state index contributed by atoms with van der Waals surface area (Å²) in [5.74, 6) is 1.42. The van der Waals surface area contributed by atoms with E-state index in [9.17, 15) is 5.11 Å². The summed E-state index contributed by atoms with van der Waals surface area (Å²) in [6, 6.07) is 4.15. The molecule has 0 aliphatic carbocycles. The third-order valence-electron chi connectivity index (χ3n) is 4.75. The fourth-order valence-electron chi connectivity index (χ4n) is 3.34. The second-order valence-corrected chi connectivity index (χ2v) is 6.74. The molecule has 6 heteroatoms. The zero-order valence-corrected chi connectivity index (χ0v) is 14.6. The predicted molar refractivity (Wildman–Crippen MR) is 94.9 cm³/mol. The molecule has 6 nitrogen and oxygen atoms in total. The highest BCUT2D eigenvalue weighted by molar-refractivity contribution is 5.80. The largest absolute Gasteiger partial charge is 0.466 e. The maximum atomic E-state index is 10.6. The molecule has 3 rings (SSSR count). The number of aliphatic imine (C=N–C) groups is 1. The third kappa shape index (κ3) is 3.82. The van der Waals surface area contributed by atoms with Gasteiger partial charge in [-0.05, 0) is 32.4 Å². The molecular weight excluding hydrogens is 304 g/mol. The molecule has 1 aromatic heterocycles. The Bertz CT molecular complexity index is 572. The molecule has 3 heterocycles. The molecule has 2 atom stereocenters. The topological polar surface area (TPSA) is 64.2 Å². The summed E-state index contributed by atoms with van der Waals surface area (Å²) in [6.45, 7) is 8.98. The summed E-state index contributed by atoms with van der Waals surface area (Å²) in [7, 11) is 0. The second kappa shape index (κ2) is 7.40. The third-order valence-corrected chi connectivity index (χ3v) is 4.75. The van der Waals surface area contributed by atoms with Crippen LogP contribution in [-0.4, -0.2) is 66.2 Å². The maximum absolute atomic E-state index is 10.6. The van der Waals surface area contributed by atoms with Crippen molar-refractivity contribution in [2.45, 2.75) is 31.9 Å². The van der Waals surface area contributed by atoms with Gasteiger partial charge in [0.15, 0.2) is 5.96 Å². The van der Waals surface area contributed by atoms with E-state index in [0.29, 0.717) is 11.8 Å². The van der Waals surface area contributed by atoms with Gasteiger partial charge in [-0.1, -0.05) is 12.2 Å². The number of guanidine groups is 1. The average molecular weight is 332 g/mol. The van der Waals surface area contributed by atoms with Gasteiger partial charge in [0.2, 0.25) is 0 Å². The number of likely N-dealkylation sites (tertiary alicyclic amines) is 1. The van der Waals surface area contributed by atoms with E-state index in [2.05, 4.69) is 39.2 Å². The van der Waals surface area contributed by atoms with Crippen LogP contribution < -0.4 is 5.32 Å². The zero-order chi connectivity index (χ0) is 17.0. The fourth-order valence-corrected chi connectivity index (χ4v) is 3.34. The highest BCUT2D eigenvalue weighted by Gasteiger charge is 2.31. The van der Waals surface area contributed by atoms with E-state index in [1.165, 1.54) is 0 Å². The van der Waals surface area contributed by atoms with Crippen molar-refractivity contribution in [2.24, 2.45) is 4.99 Å². The molecule has 1 aromatic rings. The first-order chi connectivity index (χ1) is 11.6. The Hall–Kier alpha value is -1.79. The minimum absolute atomic E-state index is 0.273. The minimum Gasteiger partial charge on any atom is -0.466 e. The lowest BCUT2D eigenvalue weighted by molar-refractivity contribution is 0.0435. The van der Waals surface area contributed by atoms with Crippen molar-refractivity contribution in [3.8, 4) is 0 Å². The second-order valence-electron chi connectivity index (χ2n) is 6.74. The van der Waals surface area contributed by atoms with Gasteiger partial charge in [0.1, 0.15) is 11.4 Å². The normalized spacial score (nSPS) is 24.5. The van der Waals surface area contributed by atoms with Gasteiger partial charge < -0.3 is 19.7 Å². The van der Waals surface area contributed by atoms with E-state index in [0.717, 1.165) is 45.1 Å². The number of nitrogens with one attached hydrogen (secondary N) is 1. The molecule has 2 aliphatic heterocycles. The number of hydrogen-bond donors (Lipinski definition) is 2. The van der Waals surface area contributed by atoms with Crippen molar-refractivity contribution >= 4 is 5.96 Å². The first-order valence-corrected chi connectivity index (χ1v) is 8.79. The molecule has 0 spiro atoms. The van der Waals surface area contributed by atoms with E-state index in [1.807, 2.05) is 0 Å². The number of rotatable bonds is 5. The summed E-state index contributed by atoms with van der Waals surface area (Å²) in [5.41, 5.74) is -1.10.